The second-order valence-corrected chi connectivity index (χ2v) is 17.0. The fourth-order valence-electron chi connectivity index (χ4n) is 2.72. The molecule has 3 rings (SSSR count). The molecule has 0 aliphatic carbocycles. The summed E-state index contributed by atoms with van der Waals surface area (Å²) in [5, 5.41) is 4.20. The lowest BCUT2D eigenvalue weighted by atomic mass is 10.1. The molecule has 2 unspecified atom stereocenters. The maximum atomic E-state index is 11.7. The number of rotatable bonds is 4. The summed E-state index contributed by atoms with van der Waals surface area (Å²) < 4.78 is 6.12. The van der Waals surface area contributed by atoms with E-state index >= 15 is 0 Å². The standard InChI is InChI=1S/C19H27ClN2O2S2Si/c1-18(2,3)27(6,7)24-11-8-9-12-13(10-11)25-16(21-12)17-22-14(15(20)23)19(4,5)26-17/h8-10,14,16,21H,1-7H3. The Morgan fingerprint density at radius 2 is 2.00 bits per heavy atom. The number of nitrogens with one attached hydrogen (secondary N) is 1. The number of nitrogens with zero attached hydrogens (tertiary/aromatic N) is 1. The Morgan fingerprint density at radius 3 is 2.56 bits per heavy atom. The number of anilines is 1. The van der Waals surface area contributed by atoms with Crippen molar-refractivity contribution in [3.05, 3.63) is 18.2 Å². The first-order chi connectivity index (χ1) is 12.3. The molecule has 0 bridgehead atoms. The summed E-state index contributed by atoms with van der Waals surface area (Å²) in [6.07, 6.45) is 0. The van der Waals surface area contributed by atoms with E-state index in [4.69, 9.17) is 16.0 Å². The van der Waals surface area contributed by atoms with Gasteiger partial charge in [-0.3, -0.25) is 9.79 Å². The Bertz CT molecular complexity index is 805. The molecular formula is C19H27ClN2O2S2Si. The fraction of sp³-hybridized carbons (Fsp3) is 0.579. The fourth-order valence-corrected chi connectivity index (χ4v) is 6.59. The number of carbonyl (C=O) groups excluding carboxylic acids is 1. The Hall–Kier alpha value is -0.633. The van der Waals surface area contributed by atoms with Gasteiger partial charge in [0.25, 0.3) is 0 Å². The third-order valence-corrected chi connectivity index (χ3v) is 12.6. The van der Waals surface area contributed by atoms with Crippen molar-refractivity contribution >= 4 is 59.4 Å². The lowest BCUT2D eigenvalue weighted by Crippen LogP contribution is -2.43. The van der Waals surface area contributed by atoms with E-state index < -0.39 is 19.6 Å². The zero-order chi connectivity index (χ0) is 20.2. The molecule has 8 heteroatoms. The summed E-state index contributed by atoms with van der Waals surface area (Å²) >= 11 is 9.09. The van der Waals surface area contributed by atoms with Gasteiger partial charge >= 0.3 is 0 Å². The van der Waals surface area contributed by atoms with Crippen molar-refractivity contribution in [2.75, 3.05) is 5.32 Å². The topological polar surface area (TPSA) is 50.7 Å². The molecule has 0 saturated carbocycles. The van der Waals surface area contributed by atoms with Gasteiger partial charge in [0, 0.05) is 15.3 Å². The van der Waals surface area contributed by atoms with Gasteiger partial charge in [0.05, 0.1) is 0 Å². The monoisotopic (exact) mass is 442 g/mol. The van der Waals surface area contributed by atoms with Gasteiger partial charge in [0.1, 0.15) is 22.2 Å². The summed E-state index contributed by atoms with van der Waals surface area (Å²) in [6.45, 7) is 15.3. The molecule has 2 heterocycles. The van der Waals surface area contributed by atoms with Crippen molar-refractivity contribution in [2.24, 2.45) is 4.99 Å². The molecule has 0 radical (unpaired) electrons. The van der Waals surface area contributed by atoms with Crippen LogP contribution in [-0.4, -0.2) is 34.8 Å². The van der Waals surface area contributed by atoms with Gasteiger partial charge in [-0.1, -0.05) is 44.3 Å². The highest BCUT2D eigenvalue weighted by Gasteiger charge is 2.45. The molecule has 0 saturated heterocycles. The van der Waals surface area contributed by atoms with Crippen LogP contribution in [0, 0.1) is 0 Å². The lowest BCUT2D eigenvalue weighted by Gasteiger charge is -2.36. The van der Waals surface area contributed by atoms with Crippen LogP contribution in [0.2, 0.25) is 18.1 Å². The highest BCUT2D eigenvalue weighted by molar-refractivity contribution is 8.17. The smallest absolute Gasteiger partial charge is 0.250 e. The van der Waals surface area contributed by atoms with Gasteiger partial charge in [0.15, 0.2) is 0 Å². The number of thioether (sulfide) groups is 2. The Morgan fingerprint density at radius 1 is 1.33 bits per heavy atom. The minimum absolute atomic E-state index is 0.00779. The van der Waals surface area contributed by atoms with Crippen LogP contribution in [0.15, 0.2) is 28.1 Å². The molecule has 1 aromatic rings. The van der Waals surface area contributed by atoms with E-state index in [9.17, 15) is 4.79 Å². The molecule has 27 heavy (non-hydrogen) atoms. The minimum Gasteiger partial charge on any atom is -0.543 e. The lowest BCUT2D eigenvalue weighted by molar-refractivity contribution is -0.113. The SMILES string of the molecule is CC1(C)SC(C2Nc3ccc(O[Si](C)(C)C(C)(C)C)cc3S2)=NC1C(=O)Cl. The zero-order valence-electron chi connectivity index (χ0n) is 16.8. The van der Waals surface area contributed by atoms with Crippen LogP contribution >= 0.6 is 35.1 Å². The van der Waals surface area contributed by atoms with Crippen LogP contribution in [0.25, 0.3) is 0 Å². The summed E-state index contributed by atoms with van der Waals surface area (Å²) in [6, 6.07) is 5.72. The quantitative estimate of drug-likeness (QED) is 0.459. The van der Waals surface area contributed by atoms with Crippen molar-refractivity contribution in [3.63, 3.8) is 0 Å². The van der Waals surface area contributed by atoms with Crippen LogP contribution in [0.1, 0.15) is 34.6 Å². The van der Waals surface area contributed by atoms with Crippen molar-refractivity contribution in [1.29, 1.82) is 0 Å². The summed E-state index contributed by atoms with van der Waals surface area (Å²) in [5.74, 6) is 0.922. The first kappa shape index (κ1) is 21.1. The van der Waals surface area contributed by atoms with Crippen molar-refractivity contribution in [1.82, 2.24) is 0 Å². The zero-order valence-corrected chi connectivity index (χ0v) is 20.2. The Kier molecular flexibility index (Phi) is 5.47. The molecule has 0 spiro atoms. The van der Waals surface area contributed by atoms with Crippen molar-refractivity contribution in [2.45, 2.75) is 73.8 Å². The van der Waals surface area contributed by atoms with Gasteiger partial charge in [-0.15, -0.1) is 0 Å². The predicted octanol–water partition coefficient (Wildman–Crippen LogP) is 5.97. The van der Waals surface area contributed by atoms with Gasteiger partial charge < -0.3 is 9.74 Å². The first-order valence-corrected chi connectivity index (χ1v) is 14.0. The van der Waals surface area contributed by atoms with Gasteiger partial charge in [0.2, 0.25) is 13.6 Å². The van der Waals surface area contributed by atoms with Crippen LogP contribution in [-0.2, 0) is 4.79 Å². The van der Waals surface area contributed by atoms with Crippen LogP contribution in [0.3, 0.4) is 0 Å². The summed E-state index contributed by atoms with van der Waals surface area (Å²) in [7, 11) is -1.87. The number of carbonyl (C=O) groups is 1. The van der Waals surface area contributed by atoms with Crippen LogP contribution < -0.4 is 9.74 Å². The number of hydrogen-bond donors (Lipinski definition) is 1. The van der Waals surface area contributed by atoms with E-state index in [1.807, 2.05) is 19.9 Å². The van der Waals surface area contributed by atoms with E-state index in [-0.39, 0.29) is 15.2 Å². The molecule has 148 valence electrons. The average molecular weight is 443 g/mol. The second-order valence-electron chi connectivity index (χ2n) is 9.04. The predicted molar refractivity (Wildman–Crippen MR) is 121 cm³/mol. The molecular weight excluding hydrogens is 416 g/mol. The Balaban J connectivity index is 1.77. The molecule has 1 N–H and O–H groups in total. The average Bonchev–Trinajstić information content (AvgIpc) is 3.05. The molecule has 2 atom stereocenters. The number of halogens is 1. The molecule has 2 aliphatic heterocycles. The molecule has 0 amide bonds. The number of hydrogen-bond acceptors (Lipinski definition) is 6. The highest BCUT2D eigenvalue weighted by atomic mass is 35.5. The minimum atomic E-state index is -1.87. The van der Waals surface area contributed by atoms with E-state index in [0.717, 1.165) is 21.4 Å². The second kappa shape index (κ2) is 7.01. The third kappa shape index (κ3) is 4.21. The van der Waals surface area contributed by atoms with Crippen molar-refractivity contribution in [3.8, 4) is 5.75 Å². The van der Waals surface area contributed by atoms with Gasteiger partial charge in [-0.05, 0) is 61.8 Å². The van der Waals surface area contributed by atoms with Crippen LogP contribution in [0.4, 0.5) is 5.69 Å². The number of aliphatic imine (C=N–C) groups is 1. The third-order valence-electron chi connectivity index (χ3n) is 5.39. The molecule has 0 fully saturated rings. The van der Waals surface area contributed by atoms with E-state index in [2.05, 4.69) is 56.3 Å². The summed E-state index contributed by atoms with van der Waals surface area (Å²) in [5.41, 5.74) is 1.08. The number of fused-ring (bicyclic) bond motifs is 1. The largest absolute Gasteiger partial charge is 0.543 e. The van der Waals surface area contributed by atoms with E-state index in [1.54, 1.807) is 23.5 Å². The molecule has 0 aromatic heterocycles. The highest BCUT2D eigenvalue weighted by Crippen LogP contribution is 2.48. The summed E-state index contributed by atoms with van der Waals surface area (Å²) in [4.78, 5) is 17.5. The Labute approximate surface area is 176 Å². The van der Waals surface area contributed by atoms with E-state index in [1.165, 1.54) is 0 Å². The maximum Gasteiger partial charge on any atom is 0.250 e. The molecule has 1 aromatic carbocycles. The van der Waals surface area contributed by atoms with Gasteiger partial charge in [-0.25, -0.2) is 0 Å². The normalized spacial score (nSPS) is 24.2. The van der Waals surface area contributed by atoms with Crippen molar-refractivity contribution < 1.29 is 9.22 Å². The number of benzene rings is 1. The van der Waals surface area contributed by atoms with E-state index in [0.29, 0.717) is 0 Å². The van der Waals surface area contributed by atoms with Crippen LogP contribution in [0.5, 0.6) is 5.75 Å². The van der Waals surface area contributed by atoms with Gasteiger partial charge in [-0.2, -0.15) is 0 Å². The molecule has 2 aliphatic rings. The first-order valence-electron chi connectivity index (χ1n) is 9.02. The molecule has 4 nitrogen and oxygen atoms in total. The maximum absolute atomic E-state index is 11.7.